The third-order valence-corrected chi connectivity index (χ3v) is 2.91. The van der Waals surface area contributed by atoms with Crippen LogP contribution in [0.25, 0.3) is 0 Å². The summed E-state index contributed by atoms with van der Waals surface area (Å²) in [5.74, 6) is -1.37. The van der Waals surface area contributed by atoms with Crippen LogP contribution in [0.4, 0.5) is 5.69 Å². The Balaban J connectivity index is 2.11. The molecule has 0 saturated heterocycles. The number of nitrogens with one attached hydrogen (secondary N) is 1. The first-order valence-corrected chi connectivity index (χ1v) is 5.82. The second-order valence-corrected chi connectivity index (χ2v) is 4.18. The van der Waals surface area contributed by atoms with Gasteiger partial charge < -0.3 is 10.4 Å². The highest BCUT2D eigenvalue weighted by Gasteiger charge is 2.21. The fourth-order valence-corrected chi connectivity index (χ4v) is 1.94. The summed E-state index contributed by atoms with van der Waals surface area (Å²) in [4.78, 5) is 26.7. The van der Waals surface area contributed by atoms with Gasteiger partial charge in [0.15, 0.2) is 5.69 Å². The minimum Gasteiger partial charge on any atom is -0.476 e. The summed E-state index contributed by atoms with van der Waals surface area (Å²) in [6.07, 6.45) is 7.81. The van der Waals surface area contributed by atoms with E-state index in [1.54, 1.807) is 12.1 Å². The first kappa shape index (κ1) is 12.3. The first-order chi connectivity index (χ1) is 8.68. The zero-order valence-corrected chi connectivity index (χ0v) is 9.80. The monoisotopic (exact) mass is 246 g/mol. The Morgan fingerprint density at radius 1 is 1.39 bits per heavy atom. The van der Waals surface area contributed by atoms with Crippen LogP contribution in [0.15, 0.2) is 30.5 Å². The van der Waals surface area contributed by atoms with Crippen molar-refractivity contribution in [1.82, 2.24) is 4.98 Å². The molecule has 1 atom stereocenters. The molecule has 0 fully saturated rings. The molecule has 5 nitrogen and oxygen atoms in total. The molecule has 2 N–H and O–H groups in total. The lowest BCUT2D eigenvalue weighted by Gasteiger charge is -2.17. The van der Waals surface area contributed by atoms with Crippen molar-refractivity contribution in [2.75, 3.05) is 5.32 Å². The van der Waals surface area contributed by atoms with Gasteiger partial charge in [-0.2, -0.15) is 0 Å². The number of allylic oxidation sites excluding steroid dienone is 2. The standard InChI is InChI=1S/C13H14N2O3/c16-12(9-5-2-1-3-6-9)15-10-7-4-8-14-11(10)13(17)18/h1-2,4,7-9H,3,5-6H2,(H,15,16)(H,17,18). The van der Waals surface area contributed by atoms with E-state index in [-0.39, 0.29) is 23.2 Å². The van der Waals surface area contributed by atoms with Gasteiger partial charge in [-0.15, -0.1) is 0 Å². The fraction of sp³-hybridized carbons (Fsp3) is 0.308. The van der Waals surface area contributed by atoms with Crippen LogP contribution < -0.4 is 5.32 Å². The highest BCUT2D eigenvalue weighted by atomic mass is 16.4. The van der Waals surface area contributed by atoms with Gasteiger partial charge in [0, 0.05) is 12.1 Å². The van der Waals surface area contributed by atoms with Crippen molar-refractivity contribution in [3.8, 4) is 0 Å². The Bertz CT molecular complexity index is 497. The zero-order chi connectivity index (χ0) is 13.0. The highest BCUT2D eigenvalue weighted by Crippen LogP contribution is 2.21. The maximum Gasteiger partial charge on any atom is 0.356 e. The number of nitrogens with zero attached hydrogens (tertiary/aromatic N) is 1. The van der Waals surface area contributed by atoms with E-state index in [0.29, 0.717) is 6.42 Å². The summed E-state index contributed by atoms with van der Waals surface area (Å²) in [7, 11) is 0. The van der Waals surface area contributed by atoms with E-state index in [0.717, 1.165) is 12.8 Å². The summed E-state index contributed by atoms with van der Waals surface area (Å²) < 4.78 is 0. The van der Waals surface area contributed by atoms with Crippen LogP contribution in [0.2, 0.25) is 0 Å². The van der Waals surface area contributed by atoms with Crippen molar-refractivity contribution >= 4 is 17.6 Å². The summed E-state index contributed by atoms with van der Waals surface area (Å²) in [5, 5.41) is 11.6. The van der Waals surface area contributed by atoms with Crippen LogP contribution in [0.3, 0.4) is 0 Å². The van der Waals surface area contributed by atoms with Gasteiger partial charge in [-0.3, -0.25) is 4.79 Å². The minimum absolute atomic E-state index is 0.0862. The molecule has 1 aliphatic carbocycles. The molecule has 0 aromatic carbocycles. The lowest BCUT2D eigenvalue weighted by atomic mass is 9.93. The van der Waals surface area contributed by atoms with Crippen LogP contribution in [0.5, 0.6) is 0 Å². The molecule has 1 heterocycles. The second-order valence-electron chi connectivity index (χ2n) is 4.18. The van der Waals surface area contributed by atoms with E-state index in [2.05, 4.69) is 16.4 Å². The molecule has 5 heteroatoms. The van der Waals surface area contributed by atoms with Gasteiger partial charge in [0.1, 0.15) is 0 Å². The van der Waals surface area contributed by atoms with Crippen molar-refractivity contribution in [3.63, 3.8) is 0 Å². The minimum atomic E-state index is -1.14. The Labute approximate surface area is 105 Å². The van der Waals surface area contributed by atoms with E-state index >= 15 is 0 Å². The molecule has 2 rings (SSSR count). The lowest BCUT2D eigenvalue weighted by Crippen LogP contribution is -2.24. The maximum absolute atomic E-state index is 12.0. The second kappa shape index (κ2) is 5.44. The Morgan fingerprint density at radius 2 is 2.22 bits per heavy atom. The first-order valence-electron chi connectivity index (χ1n) is 5.82. The number of carbonyl (C=O) groups is 2. The SMILES string of the molecule is O=C(O)c1ncccc1NC(=O)C1CC=CCC1. The molecule has 1 aliphatic rings. The number of amides is 1. The highest BCUT2D eigenvalue weighted by molar-refractivity contribution is 5.99. The topological polar surface area (TPSA) is 79.3 Å². The molecule has 1 amide bonds. The molecule has 0 bridgehead atoms. The third kappa shape index (κ3) is 2.74. The molecule has 1 aromatic heterocycles. The zero-order valence-electron chi connectivity index (χ0n) is 9.80. The van der Waals surface area contributed by atoms with Crippen molar-refractivity contribution in [1.29, 1.82) is 0 Å². The summed E-state index contributed by atoms with van der Waals surface area (Å²) in [5.41, 5.74) is 0.127. The van der Waals surface area contributed by atoms with Crippen LogP contribution in [0.1, 0.15) is 29.8 Å². The predicted molar refractivity (Wildman–Crippen MR) is 66.3 cm³/mol. The number of pyridine rings is 1. The molecule has 94 valence electrons. The quantitative estimate of drug-likeness (QED) is 0.800. The maximum atomic E-state index is 12.0. The molecular weight excluding hydrogens is 232 g/mol. The number of carbonyl (C=O) groups excluding carboxylic acids is 1. The normalized spacial score (nSPS) is 18.3. The summed E-state index contributed by atoms with van der Waals surface area (Å²) in [6, 6.07) is 3.15. The summed E-state index contributed by atoms with van der Waals surface area (Å²) >= 11 is 0. The Morgan fingerprint density at radius 3 is 2.89 bits per heavy atom. The summed E-state index contributed by atoms with van der Waals surface area (Å²) in [6.45, 7) is 0. The lowest BCUT2D eigenvalue weighted by molar-refractivity contribution is -0.120. The van der Waals surface area contributed by atoms with Gasteiger partial charge in [-0.25, -0.2) is 9.78 Å². The van der Waals surface area contributed by atoms with Crippen molar-refractivity contribution < 1.29 is 14.7 Å². The van der Waals surface area contributed by atoms with E-state index in [1.807, 2.05) is 6.08 Å². The molecule has 1 unspecified atom stereocenters. The number of rotatable bonds is 3. The van der Waals surface area contributed by atoms with Gasteiger partial charge >= 0.3 is 5.97 Å². The van der Waals surface area contributed by atoms with Gasteiger partial charge in [-0.1, -0.05) is 12.2 Å². The van der Waals surface area contributed by atoms with Gasteiger partial charge in [-0.05, 0) is 31.4 Å². The number of aromatic nitrogens is 1. The Kier molecular flexibility index (Phi) is 3.72. The molecular formula is C13H14N2O3. The molecule has 0 spiro atoms. The van der Waals surface area contributed by atoms with Crippen molar-refractivity contribution in [3.05, 3.63) is 36.2 Å². The fourth-order valence-electron chi connectivity index (χ4n) is 1.94. The molecule has 18 heavy (non-hydrogen) atoms. The smallest absolute Gasteiger partial charge is 0.356 e. The van der Waals surface area contributed by atoms with Crippen molar-refractivity contribution in [2.24, 2.45) is 5.92 Å². The number of hydrogen-bond acceptors (Lipinski definition) is 3. The van der Waals surface area contributed by atoms with Gasteiger partial charge in [0.25, 0.3) is 0 Å². The van der Waals surface area contributed by atoms with Gasteiger partial charge in [0.05, 0.1) is 5.69 Å². The molecule has 0 saturated carbocycles. The predicted octanol–water partition coefficient (Wildman–Crippen LogP) is 2.07. The number of hydrogen-bond donors (Lipinski definition) is 2. The molecule has 1 aromatic rings. The van der Waals surface area contributed by atoms with Crippen LogP contribution in [-0.4, -0.2) is 22.0 Å². The number of aromatic carboxylic acids is 1. The van der Waals surface area contributed by atoms with E-state index in [1.165, 1.54) is 6.20 Å². The van der Waals surface area contributed by atoms with E-state index < -0.39 is 5.97 Å². The Hall–Kier alpha value is -2.17. The largest absolute Gasteiger partial charge is 0.476 e. The number of carboxylic acid groups (broad SMARTS) is 1. The van der Waals surface area contributed by atoms with Crippen LogP contribution in [0, 0.1) is 5.92 Å². The number of carboxylic acids is 1. The molecule has 0 aliphatic heterocycles. The van der Waals surface area contributed by atoms with Crippen molar-refractivity contribution in [2.45, 2.75) is 19.3 Å². The average Bonchev–Trinajstić information content (AvgIpc) is 2.40. The van der Waals surface area contributed by atoms with Crippen LogP contribution >= 0.6 is 0 Å². The number of anilines is 1. The third-order valence-electron chi connectivity index (χ3n) is 2.91. The van der Waals surface area contributed by atoms with E-state index in [4.69, 9.17) is 5.11 Å². The average molecular weight is 246 g/mol. The molecule has 0 radical (unpaired) electrons. The van der Waals surface area contributed by atoms with Gasteiger partial charge in [0.2, 0.25) is 5.91 Å². The van der Waals surface area contributed by atoms with E-state index in [9.17, 15) is 9.59 Å². The van der Waals surface area contributed by atoms with Crippen LogP contribution in [-0.2, 0) is 4.79 Å².